The number of benzene rings is 1. The number of anilines is 2. The molecule has 2 aliphatic heterocycles. The minimum atomic E-state index is -0.510. The number of piperazine rings is 1. The topological polar surface area (TPSA) is 123 Å². The number of nitrogens with one attached hydrogen (secondary N) is 2. The monoisotopic (exact) mass is 518 g/mol. The van der Waals surface area contributed by atoms with Crippen LogP contribution in [0.15, 0.2) is 58.1 Å². The summed E-state index contributed by atoms with van der Waals surface area (Å²) in [6.45, 7) is 7.77. The molecule has 6 rings (SSSR count). The Hall–Kier alpha value is -4.00. The fourth-order valence-electron chi connectivity index (χ4n) is 5.02. The number of morpholine rings is 1. The van der Waals surface area contributed by atoms with Crippen molar-refractivity contribution in [2.75, 3.05) is 69.2 Å². The smallest absolute Gasteiger partial charge is 0.336 e. The second-order valence-electron chi connectivity index (χ2n) is 9.30. The van der Waals surface area contributed by atoms with Crippen molar-refractivity contribution in [1.29, 1.82) is 0 Å². The van der Waals surface area contributed by atoms with Crippen molar-refractivity contribution in [2.24, 2.45) is 0 Å². The number of rotatable bonds is 7. The molecule has 0 radical (unpaired) electrons. The number of hydrogen-bond acceptors (Lipinski definition) is 9. The van der Waals surface area contributed by atoms with Gasteiger partial charge in [-0.15, -0.1) is 0 Å². The highest BCUT2D eigenvalue weighted by Crippen LogP contribution is 2.26. The highest BCUT2D eigenvalue weighted by atomic mass is 16.5. The van der Waals surface area contributed by atoms with E-state index in [1.807, 2.05) is 30.3 Å². The molecule has 0 bridgehead atoms. The first-order valence-corrected chi connectivity index (χ1v) is 12.9. The number of amides is 1. The third-order valence-corrected chi connectivity index (χ3v) is 6.99. The molecule has 5 heterocycles. The number of fused-ring (bicyclic) bond motifs is 1. The van der Waals surface area contributed by atoms with Crippen molar-refractivity contribution in [3.05, 3.63) is 65.3 Å². The quantitative estimate of drug-likeness (QED) is 0.371. The van der Waals surface area contributed by atoms with Gasteiger partial charge in [-0.25, -0.2) is 14.3 Å². The Morgan fingerprint density at radius 1 is 1.00 bits per heavy atom. The van der Waals surface area contributed by atoms with E-state index in [2.05, 4.69) is 30.4 Å². The summed E-state index contributed by atoms with van der Waals surface area (Å²) in [5.41, 5.74) is 2.72. The number of para-hydroxylation sites is 2. The molecule has 2 saturated heterocycles. The van der Waals surface area contributed by atoms with E-state index in [4.69, 9.17) is 9.15 Å². The van der Waals surface area contributed by atoms with Crippen molar-refractivity contribution >= 4 is 28.3 Å². The standard InChI is InChI=1S/C26H30N8O4/c35-24(30-19-17-28-6-5-20(19)32-9-7-27-8-10-32)25-29-18-23(38-25)34-22-4-2-1-3-21(22)33(26(34)36)12-11-31-13-15-37-16-14-31/h1-6,17-18,27H,7-16H2,(H,30,35). The molecule has 0 spiro atoms. The summed E-state index contributed by atoms with van der Waals surface area (Å²) >= 11 is 0. The van der Waals surface area contributed by atoms with Crippen LogP contribution in [0, 0.1) is 0 Å². The molecule has 2 aliphatic rings. The molecule has 38 heavy (non-hydrogen) atoms. The molecule has 0 atom stereocenters. The lowest BCUT2D eigenvalue weighted by Gasteiger charge is -2.30. The van der Waals surface area contributed by atoms with Crippen molar-refractivity contribution in [1.82, 2.24) is 29.3 Å². The Morgan fingerprint density at radius 3 is 2.61 bits per heavy atom. The zero-order valence-electron chi connectivity index (χ0n) is 21.0. The highest BCUT2D eigenvalue weighted by Gasteiger charge is 2.22. The maximum Gasteiger partial charge on any atom is 0.336 e. The molecule has 1 amide bonds. The minimum absolute atomic E-state index is 0.132. The van der Waals surface area contributed by atoms with E-state index in [1.165, 1.54) is 10.8 Å². The van der Waals surface area contributed by atoms with Crippen molar-refractivity contribution in [3.63, 3.8) is 0 Å². The lowest BCUT2D eigenvalue weighted by atomic mass is 10.2. The summed E-state index contributed by atoms with van der Waals surface area (Å²) in [5.74, 6) is -0.452. The zero-order valence-corrected chi connectivity index (χ0v) is 21.0. The van der Waals surface area contributed by atoms with Crippen LogP contribution in [-0.4, -0.2) is 88.9 Å². The fraction of sp³-hybridized carbons (Fsp3) is 0.385. The molecule has 3 aromatic heterocycles. The van der Waals surface area contributed by atoms with Crippen LogP contribution >= 0.6 is 0 Å². The Kier molecular flexibility index (Phi) is 6.90. The van der Waals surface area contributed by atoms with Crippen LogP contribution in [0.4, 0.5) is 11.4 Å². The highest BCUT2D eigenvalue weighted by molar-refractivity contribution is 6.03. The first-order valence-electron chi connectivity index (χ1n) is 12.9. The van der Waals surface area contributed by atoms with Crippen molar-refractivity contribution < 1.29 is 13.9 Å². The second kappa shape index (κ2) is 10.8. The molecule has 12 nitrogen and oxygen atoms in total. The molecule has 198 valence electrons. The molecule has 12 heteroatoms. The van der Waals surface area contributed by atoms with Gasteiger partial charge in [-0.2, -0.15) is 0 Å². The number of aromatic nitrogens is 4. The van der Waals surface area contributed by atoms with Crippen LogP contribution in [0.2, 0.25) is 0 Å². The Balaban J connectivity index is 1.25. The fourth-order valence-corrected chi connectivity index (χ4v) is 5.02. The number of carbonyl (C=O) groups excluding carboxylic acids is 1. The largest absolute Gasteiger partial charge is 0.415 e. The van der Waals surface area contributed by atoms with Crippen molar-refractivity contribution in [3.8, 4) is 5.88 Å². The van der Waals surface area contributed by atoms with E-state index < -0.39 is 5.91 Å². The normalized spacial score (nSPS) is 16.7. The SMILES string of the molecule is O=C(Nc1cnccc1N1CCNCC1)c1ncc(-n2c(=O)n(CCN3CCOCC3)c3ccccc32)o1. The van der Waals surface area contributed by atoms with Gasteiger partial charge in [-0.1, -0.05) is 12.1 Å². The number of hydrogen-bond donors (Lipinski definition) is 2. The molecule has 4 aromatic rings. The summed E-state index contributed by atoms with van der Waals surface area (Å²) in [6.07, 6.45) is 4.73. The van der Waals surface area contributed by atoms with Gasteiger partial charge in [0.2, 0.25) is 5.88 Å². The molecule has 0 unspecified atom stereocenters. The van der Waals surface area contributed by atoms with Crippen LogP contribution in [0.5, 0.6) is 0 Å². The van der Waals surface area contributed by atoms with E-state index in [1.54, 1.807) is 17.0 Å². The summed E-state index contributed by atoms with van der Waals surface area (Å²) < 4.78 is 14.5. The number of nitrogens with zero attached hydrogens (tertiary/aromatic N) is 6. The Morgan fingerprint density at radius 2 is 1.79 bits per heavy atom. The molecule has 0 saturated carbocycles. The number of carbonyl (C=O) groups is 1. The first-order chi connectivity index (χ1) is 18.7. The number of ether oxygens (including phenoxy) is 1. The van der Waals surface area contributed by atoms with E-state index in [0.29, 0.717) is 31.0 Å². The van der Waals surface area contributed by atoms with Gasteiger partial charge in [0, 0.05) is 58.6 Å². The number of pyridine rings is 1. The van der Waals surface area contributed by atoms with E-state index in [9.17, 15) is 9.59 Å². The van der Waals surface area contributed by atoms with E-state index in [-0.39, 0.29) is 17.5 Å². The predicted octanol–water partition coefficient (Wildman–Crippen LogP) is 1.17. The Labute approximate surface area is 218 Å². The molecular formula is C26H30N8O4. The third kappa shape index (κ3) is 4.80. The number of imidazole rings is 1. The van der Waals surface area contributed by atoms with Crippen molar-refractivity contribution in [2.45, 2.75) is 6.54 Å². The Bertz CT molecular complexity index is 1480. The van der Waals surface area contributed by atoms with E-state index in [0.717, 1.165) is 57.0 Å². The summed E-state index contributed by atoms with van der Waals surface area (Å²) in [6, 6.07) is 9.43. The van der Waals surface area contributed by atoms with Gasteiger partial charge in [0.1, 0.15) is 0 Å². The third-order valence-electron chi connectivity index (χ3n) is 6.99. The van der Waals surface area contributed by atoms with Gasteiger partial charge in [-0.05, 0) is 18.2 Å². The van der Waals surface area contributed by atoms with Gasteiger partial charge in [0.05, 0.1) is 48.0 Å². The van der Waals surface area contributed by atoms with Gasteiger partial charge in [0.25, 0.3) is 5.89 Å². The molecule has 2 N–H and O–H groups in total. The van der Waals surface area contributed by atoms with Gasteiger partial charge in [0.15, 0.2) is 0 Å². The second-order valence-corrected chi connectivity index (χ2v) is 9.30. The van der Waals surface area contributed by atoms with Crippen LogP contribution in [0.3, 0.4) is 0 Å². The van der Waals surface area contributed by atoms with Crippen LogP contribution in [-0.2, 0) is 11.3 Å². The maximum absolute atomic E-state index is 13.5. The molecule has 1 aromatic carbocycles. The molecular weight excluding hydrogens is 488 g/mol. The lowest BCUT2D eigenvalue weighted by molar-refractivity contribution is 0.0364. The first kappa shape index (κ1) is 24.3. The minimum Gasteiger partial charge on any atom is -0.415 e. The molecule has 0 aliphatic carbocycles. The average Bonchev–Trinajstić information content (AvgIpc) is 3.55. The maximum atomic E-state index is 13.5. The average molecular weight is 519 g/mol. The number of oxazole rings is 1. The van der Waals surface area contributed by atoms with Gasteiger partial charge in [-0.3, -0.25) is 19.2 Å². The summed E-state index contributed by atoms with van der Waals surface area (Å²) in [5, 5.41) is 6.20. The van der Waals surface area contributed by atoms with Gasteiger partial charge < -0.3 is 24.7 Å². The summed E-state index contributed by atoms with van der Waals surface area (Å²) in [4.78, 5) is 39.5. The predicted molar refractivity (Wildman–Crippen MR) is 142 cm³/mol. The van der Waals surface area contributed by atoms with Crippen LogP contribution in [0.1, 0.15) is 10.7 Å². The van der Waals surface area contributed by atoms with E-state index >= 15 is 0 Å². The van der Waals surface area contributed by atoms with Crippen LogP contribution < -0.4 is 21.2 Å². The molecule has 2 fully saturated rings. The van der Waals surface area contributed by atoms with Gasteiger partial charge >= 0.3 is 11.6 Å². The summed E-state index contributed by atoms with van der Waals surface area (Å²) in [7, 11) is 0. The van der Waals surface area contributed by atoms with Crippen LogP contribution in [0.25, 0.3) is 16.9 Å². The zero-order chi connectivity index (χ0) is 25.9. The lowest BCUT2D eigenvalue weighted by Crippen LogP contribution is -2.43.